The molecule has 1 atom stereocenters. The third kappa shape index (κ3) is 4.17. The molecule has 2 aromatic rings. The molecule has 0 saturated carbocycles. The van der Waals surface area contributed by atoms with Gasteiger partial charge in [-0.2, -0.15) is 5.26 Å². The van der Waals surface area contributed by atoms with Crippen molar-refractivity contribution in [2.75, 3.05) is 0 Å². The zero-order valence-electron chi connectivity index (χ0n) is 12.5. The van der Waals surface area contributed by atoms with Crippen LogP contribution in [0.25, 0.3) is 11.3 Å². The van der Waals surface area contributed by atoms with Crippen molar-refractivity contribution in [1.29, 1.82) is 5.26 Å². The standard InChI is InChI=1S/C17H22N4/c1-2-3-4-5-6-15(19)17-20-12-16(21-17)14-9-7-13(11-18)8-10-14/h7-10,12,15H,2-6,19H2,1H3,(H,20,21)/t15-/m1/s1. The van der Waals surface area contributed by atoms with Crippen LogP contribution in [0.3, 0.4) is 0 Å². The summed E-state index contributed by atoms with van der Waals surface area (Å²) in [7, 11) is 0. The van der Waals surface area contributed by atoms with Crippen LogP contribution in [0.4, 0.5) is 0 Å². The van der Waals surface area contributed by atoms with Gasteiger partial charge in [0.05, 0.1) is 23.4 Å². The Bertz CT molecular complexity index is 592. The average Bonchev–Trinajstić information content (AvgIpc) is 3.01. The summed E-state index contributed by atoms with van der Waals surface area (Å²) in [5, 5.41) is 8.81. The van der Waals surface area contributed by atoms with Gasteiger partial charge in [0.1, 0.15) is 5.82 Å². The van der Waals surface area contributed by atoms with Crippen molar-refractivity contribution in [3.63, 3.8) is 0 Å². The number of aromatic nitrogens is 2. The van der Waals surface area contributed by atoms with Gasteiger partial charge in [-0.1, -0.05) is 44.7 Å². The first-order valence-corrected chi connectivity index (χ1v) is 7.56. The van der Waals surface area contributed by atoms with Gasteiger partial charge in [0.25, 0.3) is 0 Å². The van der Waals surface area contributed by atoms with Gasteiger partial charge in [-0.25, -0.2) is 4.98 Å². The first-order chi connectivity index (χ1) is 10.2. The molecule has 0 aliphatic rings. The molecule has 4 heteroatoms. The second-order valence-corrected chi connectivity index (χ2v) is 5.32. The molecular weight excluding hydrogens is 260 g/mol. The molecule has 2 rings (SSSR count). The molecule has 1 aromatic carbocycles. The van der Waals surface area contributed by atoms with E-state index in [-0.39, 0.29) is 6.04 Å². The van der Waals surface area contributed by atoms with Gasteiger partial charge in [0, 0.05) is 11.8 Å². The first kappa shape index (κ1) is 15.3. The van der Waals surface area contributed by atoms with Crippen LogP contribution in [0, 0.1) is 11.3 Å². The van der Waals surface area contributed by atoms with E-state index in [0.717, 1.165) is 29.9 Å². The number of benzene rings is 1. The highest BCUT2D eigenvalue weighted by atomic mass is 15.0. The maximum atomic E-state index is 8.81. The van der Waals surface area contributed by atoms with E-state index in [2.05, 4.69) is 23.0 Å². The highest BCUT2D eigenvalue weighted by molar-refractivity contribution is 5.59. The number of hydrogen-bond acceptors (Lipinski definition) is 3. The maximum Gasteiger partial charge on any atom is 0.123 e. The Labute approximate surface area is 126 Å². The molecule has 21 heavy (non-hydrogen) atoms. The lowest BCUT2D eigenvalue weighted by molar-refractivity contribution is 0.550. The van der Waals surface area contributed by atoms with Crippen LogP contribution < -0.4 is 5.73 Å². The monoisotopic (exact) mass is 282 g/mol. The summed E-state index contributed by atoms with van der Waals surface area (Å²) in [5.41, 5.74) is 8.70. The number of nitrogens with one attached hydrogen (secondary N) is 1. The largest absolute Gasteiger partial charge is 0.347 e. The average molecular weight is 282 g/mol. The van der Waals surface area contributed by atoms with E-state index in [1.807, 2.05) is 18.3 Å². The number of imidazole rings is 1. The summed E-state index contributed by atoms with van der Waals surface area (Å²) >= 11 is 0. The number of nitrogens with two attached hydrogens (primary N) is 1. The van der Waals surface area contributed by atoms with E-state index in [9.17, 15) is 0 Å². The summed E-state index contributed by atoms with van der Waals surface area (Å²) in [6, 6.07) is 9.50. The summed E-state index contributed by atoms with van der Waals surface area (Å²) < 4.78 is 0. The molecule has 110 valence electrons. The third-order valence-electron chi connectivity index (χ3n) is 3.63. The SMILES string of the molecule is CCCCCC[C@@H](N)c1nc(-c2ccc(C#N)cc2)c[nH]1. The predicted octanol–water partition coefficient (Wildman–Crippen LogP) is 3.92. The Balaban J connectivity index is 1.98. The van der Waals surface area contributed by atoms with E-state index in [1.54, 1.807) is 12.1 Å². The van der Waals surface area contributed by atoms with Crippen molar-refractivity contribution in [3.05, 3.63) is 41.9 Å². The molecule has 4 nitrogen and oxygen atoms in total. The van der Waals surface area contributed by atoms with Crippen LogP contribution in [0.1, 0.15) is 56.5 Å². The molecule has 3 N–H and O–H groups in total. The zero-order chi connectivity index (χ0) is 15.1. The van der Waals surface area contributed by atoms with Crippen molar-refractivity contribution in [2.45, 2.75) is 45.1 Å². The normalized spacial score (nSPS) is 12.0. The first-order valence-electron chi connectivity index (χ1n) is 7.56. The minimum atomic E-state index is -0.0333. The molecule has 0 aliphatic carbocycles. The molecule has 0 unspecified atom stereocenters. The van der Waals surface area contributed by atoms with Crippen molar-refractivity contribution in [3.8, 4) is 17.3 Å². The quantitative estimate of drug-likeness (QED) is 0.755. The zero-order valence-corrected chi connectivity index (χ0v) is 12.5. The van der Waals surface area contributed by atoms with Crippen molar-refractivity contribution >= 4 is 0 Å². The van der Waals surface area contributed by atoms with Gasteiger partial charge in [-0.05, 0) is 18.6 Å². The van der Waals surface area contributed by atoms with Crippen LogP contribution in [0.15, 0.2) is 30.5 Å². The van der Waals surface area contributed by atoms with Crippen molar-refractivity contribution in [2.24, 2.45) is 5.73 Å². The summed E-state index contributed by atoms with van der Waals surface area (Å²) in [6.45, 7) is 2.20. The van der Waals surface area contributed by atoms with Crippen LogP contribution in [0.2, 0.25) is 0 Å². The lowest BCUT2D eigenvalue weighted by atomic mass is 10.1. The maximum absolute atomic E-state index is 8.81. The Morgan fingerprint density at radius 2 is 2.00 bits per heavy atom. The minimum absolute atomic E-state index is 0.0333. The third-order valence-corrected chi connectivity index (χ3v) is 3.63. The smallest absolute Gasteiger partial charge is 0.123 e. The molecule has 0 saturated heterocycles. The fraction of sp³-hybridized carbons (Fsp3) is 0.412. The van der Waals surface area contributed by atoms with Gasteiger partial charge in [0.15, 0.2) is 0 Å². The number of rotatable bonds is 7. The number of nitriles is 1. The van der Waals surface area contributed by atoms with E-state index in [1.165, 1.54) is 19.3 Å². The van der Waals surface area contributed by atoms with Crippen LogP contribution >= 0.6 is 0 Å². The fourth-order valence-electron chi connectivity index (χ4n) is 2.32. The van der Waals surface area contributed by atoms with E-state index < -0.39 is 0 Å². The van der Waals surface area contributed by atoms with Crippen LogP contribution in [-0.2, 0) is 0 Å². The summed E-state index contributed by atoms with van der Waals surface area (Å²) in [4.78, 5) is 7.74. The topological polar surface area (TPSA) is 78.5 Å². The van der Waals surface area contributed by atoms with Crippen molar-refractivity contribution in [1.82, 2.24) is 9.97 Å². The predicted molar refractivity (Wildman–Crippen MR) is 84.4 cm³/mol. The molecule has 1 heterocycles. The number of unbranched alkanes of at least 4 members (excludes halogenated alkanes) is 3. The minimum Gasteiger partial charge on any atom is -0.347 e. The highest BCUT2D eigenvalue weighted by Gasteiger charge is 2.11. The molecule has 0 radical (unpaired) electrons. The number of hydrogen-bond donors (Lipinski definition) is 2. The summed E-state index contributed by atoms with van der Waals surface area (Å²) in [5.74, 6) is 0.839. The Kier molecular flexibility index (Phi) is 5.53. The molecule has 0 bridgehead atoms. The molecule has 0 spiro atoms. The molecule has 1 aromatic heterocycles. The Morgan fingerprint density at radius 3 is 2.67 bits per heavy atom. The number of nitrogens with zero attached hydrogens (tertiary/aromatic N) is 2. The van der Waals surface area contributed by atoms with E-state index in [0.29, 0.717) is 5.56 Å². The Hall–Kier alpha value is -2.12. The highest BCUT2D eigenvalue weighted by Crippen LogP contribution is 2.21. The second kappa shape index (κ2) is 7.61. The molecular formula is C17H22N4. The van der Waals surface area contributed by atoms with Gasteiger partial charge in [-0.3, -0.25) is 0 Å². The lowest BCUT2D eigenvalue weighted by Gasteiger charge is -2.07. The molecule has 0 amide bonds. The number of H-pyrrole nitrogens is 1. The van der Waals surface area contributed by atoms with Gasteiger partial charge < -0.3 is 10.7 Å². The van der Waals surface area contributed by atoms with Crippen LogP contribution in [-0.4, -0.2) is 9.97 Å². The summed E-state index contributed by atoms with van der Waals surface area (Å²) in [6.07, 6.45) is 7.71. The van der Waals surface area contributed by atoms with Gasteiger partial charge in [0.2, 0.25) is 0 Å². The number of aromatic amines is 1. The molecule has 0 aliphatic heterocycles. The Morgan fingerprint density at radius 1 is 1.24 bits per heavy atom. The van der Waals surface area contributed by atoms with Crippen molar-refractivity contribution < 1.29 is 0 Å². The van der Waals surface area contributed by atoms with Gasteiger partial charge in [-0.15, -0.1) is 0 Å². The fourth-order valence-corrected chi connectivity index (χ4v) is 2.32. The lowest BCUT2D eigenvalue weighted by Crippen LogP contribution is -2.11. The molecule has 0 fully saturated rings. The van der Waals surface area contributed by atoms with Gasteiger partial charge >= 0.3 is 0 Å². The van der Waals surface area contributed by atoms with E-state index in [4.69, 9.17) is 11.0 Å². The van der Waals surface area contributed by atoms with Crippen LogP contribution in [0.5, 0.6) is 0 Å². The second-order valence-electron chi connectivity index (χ2n) is 5.32. The van der Waals surface area contributed by atoms with E-state index >= 15 is 0 Å².